The van der Waals surface area contributed by atoms with Crippen molar-refractivity contribution < 1.29 is 53.7 Å². The Bertz CT molecular complexity index is 845. The van der Waals surface area contributed by atoms with Crippen LogP contribution in [0.3, 0.4) is 0 Å². The van der Waals surface area contributed by atoms with Crippen LogP contribution in [0, 0.1) is 0 Å². The van der Waals surface area contributed by atoms with Crippen molar-refractivity contribution in [2.75, 3.05) is 33.1 Å². The number of carbonyl (C=O) groups excluding carboxylic acids is 2. The van der Waals surface area contributed by atoms with Crippen LogP contribution >= 0.6 is 0 Å². The zero-order chi connectivity index (χ0) is 19.8. The number of rotatable bonds is 8. The Morgan fingerprint density at radius 1 is 1.11 bits per heavy atom. The molecule has 0 aliphatic carbocycles. The van der Waals surface area contributed by atoms with E-state index in [0.717, 1.165) is 5.01 Å². The van der Waals surface area contributed by atoms with Gasteiger partial charge in [0.1, 0.15) is 17.2 Å². The maximum atomic E-state index is 12.4. The number of hydrogen-bond acceptors (Lipinski definition) is 7. The summed E-state index contributed by atoms with van der Waals surface area (Å²) in [6.07, 6.45) is 0. The summed E-state index contributed by atoms with van der Waals surface area (Å²) in [5.74, 6) is -0.916. The second-order valence-corrected chi connectivity index (χ2v) is 5.42. The van der Waals surface area contributed by atoms with Gasteiger partial charge in [0.25, 0.3) is 5.91 Å². The third kappa shape index (κ3) is 6.52. The van der Waals surface area contributed by atoms with Gasteiger partial charge in [0.05, 0.1) is 32.4 Å². The minimum Gasteiger partial charge on any atom is -0.548 e. The van der Waals surface area contributed by atoms with Crippen molar-refractivity contribution in [3.63, 3.8) is 0 Å². The Labute approximate surface area is 184 Å². The second-order valence-electron chi connectivity index (χ2n) is 5.42. The van der Waals surface area contributed by atoms with Crippen molar-refractivity contribution in [1.29, 1.82) is 0 Å². The molecule has 0 aliphatic rings. The molecule has 0 saturated heterocycles. The number of carboxylic acids is 1. The minimum atomic E-state index is -1.28. The number of aliphatic carboxylic acids is 1. The molecule has 2 rings (SSSR count). The topological polar surface area (TPSA) is 116 Å². The van der Waals surface area contributed by atoms with Crippen LogP contribution in [0.5, 0.6) is 11.5 Å². The summed E-state index contributed by atoms with van der Waals surface area (Å²) in [6.45, 7) is -0.409. The Kier molecular flexibility index (Phi) is 9.43. The molecule has 0 aromatic heterocycles. The van der Waals surface area contributed by atoms with Crippen molar-refractivity contribution in [2.24, 2.45) is 10.3 Å². The van der Waals surface area contributed by atoms with Gasteiger partial charge >= 0.3 is 29.6 Å². The van der Waals surface area contributed by atoms with E-state index in [0.29, 0.717) is 28.4 Å². The maximum absolute atomic E-state index is 12.4. The molecule has 0 saturated carbocycles. The zero-order valence-electron chi connectivity index (χ0n) is 16.1. The molecule has 2 aromatic rings. The summed E-state index contributed by atoms with van der Waals surface area (Å²) in [5, 5.41) is 22.2. The standard InChI is InChI=1S/C18H20N4O5.Na/c1-22(11-17(23)24)21-20-14-10-15(26-2)13(9-16(14)27-3)19-18(25)12-7-5-4-6-8-12;/h4-10H,11H2,1-3H3,(H,19,25)(H,23,24);/q;+1/p-1. The van der Waals surface area contributed by atoms with Gasteiger partial charge in [-0.1, -0.05) is 23.4 Å². The van der Waals surface area contributed by atoms with Crippen molar-refractivity contribution in [1.82, 2.24) is 5.01 Å². The van der Waals surface area contributed by atoms with E-state index in [1.807, 2.05) is 6.07 Å². The molecule has 0 fully saturated rings. The number of nitrogens with one attached hydrogen (secondary N) is 1. The Morgan fingerprint density at radius 3 is 2.32 bits per heavy atom. The minimum absolute atomic E-state index is 0. The number of benzene rings is 2. The number of nitrogens with zero attached hydrogens (tertiary/aromatic N) is 3. The monoisotopic (exact) mass is 394 g/mol. The first-order chi connectivity index (χ1) is 12.9. The Morgan fingerprint density at radius 2 is 1.75 bits per heavy atom. The van der Waals surface area contributed by atoms with Crippen molar-refractivity contribution in [2.45, 2.75) is 0 Å². The summed E-state index contributed by atoms with van der Waals surface area (Å²) in [5.41, 5.74) is 1.19. The van der Waals surface area contributed by atoms with E-state index >= 15 is 0 Å². The van der Waals surface area contributed by atoms with Gasteiger partial charge in [-0.25, -0.2) is 0 Å². The molecular formula is C18H19N4NaO5. The van der Waals surface area contributed by atoms with Crippen molar-refractivity contribution in [3.8, 4) is 11.5 Å². The first kappa shape index (κ1) is 23.4. The summed E-state index contributed by atoms with van der Waals surface area (Å²) >= 11 is 0. The van der Waals surface area contributed by atoms with E-state index in [2.05, 4.69) is 15.7 Å². The van der Waals surface area contributed by atoms with Crippen LogP contribution < -0.4 is 49.5 Å². The zero-order valence-corrected chi connectivity index (χ0v) is 18.1. The molecule has 28 heavy (non-hydrogen) atoms. The van der Waals surface area contributed by atoms with Gasteiger partial charge in [-0.2, -0.15) is 0 Å². The summed E-state index contributed by atoms with van der Waals surface area (Å²) in [6, 6.07) is 11.8. The molecule has 0 unspecified atom stereocenters. The predicted molar refractivity (Wildman–Crippen MR) is 96.1 cm³/mol. The number of carboxylic acid groups (broad SMARTS) is 1. The fourth-order valence-electron chi connectivity index (χ4n) is 2.18. The predicted octanol–water partition coefficient (Wildman–Crippen LogP) is -1.36. The molecule has 0 radical (unpaired) electrons. The quantitative estimate of drug-likeness (QED) is 0.336. The van der Waals surface area contributed by atoms with Crippen LogP contribution in [0.1, 0.15) is 10.4 Å². The van der Waals surface area contributed by atoms with Gasteiger partial charge in [0.2, 0.25) is 0 Å². The fraction of sp³-hybridized carbons (Fsp3) is 0.222. The number of ether oxygens (including phenoxy) is 2. The molecule has 0 bridgehead atoms. The van der Waals surface area contributed by atoms with Crippen molar-refractivity contribution in [3.05, 3.63) is 48.0 Å². The van der Waals surface area contributed by atoms with Gasteiger partial charge in [-0.05, 0) is 12.1 Å². The molecular weight excluding hydrogens is 375 g/mol. The van der Waals surface area contributed by atoms with Gasteiger partial charge < -0.3 is 24.7 Å². The molecule has 0 aliphatic heterocycles. The summed E-state index contributed by atoms with van der Waals surface area (Å²) < 4.78 is 10.6. The second kappa shape index (κ2) is 11.3. The molecule has 0 spiro atoms. The third-order valence-electron chi connectivity index (χ3n) is 3.45. The molecule has 0 heterocycles. The van der Waals surface area contributed by atoms with E-state index in [9.17, 15) is 14.7 Å². The molecule has 0 atom stereocenters. The van der Waals surface area contributed by atoms with Crippen LogP contribution in [0.25, 0.3) is 0 Å². The molecule has 10 heteroatoms. The summed E-state index contributed by atoms with van der Waals surface area (Å²) in [7, 11) is 4.33. The molecule has 1 amide bonds. The van der Waals surface area contributed by atoms with Crippen LogP contribution in [0.4, 0.5) is 11.4 Å². The number of hydrogen-bond donors (Lipinski definition) is 1. The number of methoxy groups -OCH3 is 2. The van der Waals surface area contributed by atoms with Crippen LogP contribution in [0.15, 0.2) is 52.8 Å². The molecule has 2 aromatic carbocycles. The fourth-order valence-corrected chi connectivity index (χ4v) is 2.18. The van der Waals surface area contributed by atoms with Crippen molar-refractivity contribution >= 4 is 23.3 Å². The van der Waals surface area contributed by atoms with E-state index < -0.39 is 12.5 Å². The number of amides is 1. The molecule has 142 valence electrons. The first-order valence-electron chi connectivity index (χ1n) is 7.89. The SMILES string of the molecule is COc1cc(NC(=O)c2ccccc2)c(OC)cc1N=NN(C)CC(=O)[O-].[Na+]. The number of anilines is 1. The average molecular weight is 394 g/mol. The van der Waals surface area contributed by atoms with Crippen LogP contribution in [-0.2, 0) is 4.79 Å². The number of likely N-dealkylation sites (N-methyl/N-ethyl adjacent to an activating group) is 1. The van der Waals surface area contributed by atoms with Crippen LogP contribution in [0.2, 0.25) is 0 Å². The molecule has 1 N–H and O–H groups in total. The molecule has 9 nitrogen and oxygen atoms in total. The third-order valence-corrected chi connectivity index (χ3v) is 3.45. The average Bonchev–Trinajstić information content (AvgIpc) is 2.66. The van der Waals surface area contributed by atoms with Gasteiger partial charge in [-0.3, -0.25) is 9.80 Å². The maximum Gasteiger partial charge on any atom is 1.00 e. The van der Waals surface area contributed by atoms with Gasteiger partial charge in [0.15, 0.2) is 0 Å². The Balaban J connectivity index is 0.00000392. The number of carbonyl (C=O) groups is 2. The largest absolute Gasteiger partial charge is 1.00 e. The van der Waals surface area contributed by atoms with E-state index in [-0.39, 0.29) is 35.5 Å². The Hall–Kier alpha value is -2.62. The first-order valence-corrected chi connectivity index (χ1v) is 7.89. The van der Waals surface area contributed by atoms with E-state index in [1.54, 1.807) is 30.3 Å². The smallest absolute Gasteiger partial charge is 0.548 e. The summed E-state index contributed by atoms with van der Waals surface area (Å²) in [4.78, 5) is 22.9. The van der Waals surface area contributed by atoms with E-state index in [1.165, 1.54) is 27.3 Å². The normalized spacial score (nSPS) is 10.1. The van der Waals surface area contributed by atoms with Gasteiger partial charge in [0, 0.05) is 24.7 Å². The van der Waals surface area contributed by atoms with Gasteiger partial charge in [-0.15, -0.1) is 5.11 Å². The van der Waals surface area contributed by atoms with E-state index in [4.69, 9.17) is 9.47 Å². The van der Waals surface area contributed by atoms with Crippen LogP contribution in [-0.4, -0.2) is 44.7 Å².